The van der Waals surface area contributed by atoms with Gasteiger partial charge in [-0.3, -0.25) is 14.8 Å². The molecule has 0 bridgehead atoms. The number of rotatable bonds is 4. The SMILES string of the molecule is CN=C(NC[C@H](C)N(C)C1CC1)N1C[C@@H]2CN3CCCC[C@@H]3[C@@H]2C1. The second-order valence-electron chi connectivity index (χ2n) is 8.56. The van der Waals surface area contributed by atoms with Gasteiger partial charge in [-0.25, -0.2) is 0 Å². The highest BCUT2D eigenvalue weighted by atomic mass is 15.3. The van der Waals surface area contributed by atoms with Crippen LogP contribution in [0.4, 0.5) is 0 Å². The lowest BCUT2D eigenvalue weighted by atomic mass is 9.90. The average Bonchev–Trinajstić information content (AvgIpc) is 3.27. The number of likely N-dealkylation sites (N-methyl/N-ethyl adjacent to an activating group) is 1. The summed E-state index contributed by atoms with van der Waals surface area (Å²) in [4.78, 5) is 12.4. The first-order valence-electron chi connectivity index (χ1n) is 10.1. The highest BCUT2D eigenvalue weighted by Crippen LogP contribution is 2.40. The van der Waals surface area contributed by atoms with E-state index in [-0.39, 0.29) is 0 Å². The molecule has 3 aliphatic heterocycles. The fraction of sp³-hybridized carbons (Fsp3) is 0.947. The molecule has 0 aromatic heterocycles. The summed E-state index contributed by atoms with van der Waals surface area (Å²) in [5.41, 5.74) is 0. The van der Waals surface area contributed by atoms with E-state index in [2.05, 4.69) is 39.0 Å². The Kier molecular flexibility index (Phi) is 4.74. The second-order valence-corrected chi connectivity index (χ2v) is 8.56. The molecule has 1 saturated carbocycles. The Morgan fingerprint density at radius 3 is 2.79 bits per heavy atom. The zero-order valence-electron chi connectivity index (χ0n) is 15.7. The van der Waals surface area contributed by atoms with Gasteiger partial charge in [0.1, 0.15) is 0 Å². The zero-order chi connectivity index (χ0) is 16.7. The van der Waals surface area contributed by atoms with Gasteiger partial charge in [-0.05, 0) is 58.0 Å². The summed E-state index contributed by atoms with van der Waals surface area (Å²) in [7, 11) is 4.21. The molecule has 136 valence electrons. The number of fused-ring (bicyclic) bond motifs is 3. The molecular formula is C19H35N5. The maximum absolute atomic E-state index is 4.59. The van der Waals surface area contributed by atoms with E-state index < -0.39 is 0 Å². The molecule has 0 aromatic carbocycles. The summed E-state index contributed by atoms with van der Waals surface area (Å²) in [6.45, 7) is 8.40. The van der Waals surface area contributed by atoms with Crippen LogP contribution >= 0.6 is 0 Å². The van der Waals surface area contributed by atoms with Gasteiger partial charge in [-0.2, -0.15) is 0 Å². The fourth-order valence-corrected chi connectivity index (χ4v) is 5.28. The predicted octanol–water partition coefficient (Wildman–Crippen LogP) is 1.46. The molecule has 5 heteroatoms. The molecule has 1 aliphatic carbocycles. The molecule has 0 amide bonds. The summed E-state index contributed by atoms with van der Waals surface area (Å²) in [6.07, 6.45) is 7.02. The molecule has 4 atom stereocenters. The Bertz CT molecular complexity index is 474. The molecule has 3 heterocycles. The Morgan fingerprint density at radius 1 is 1.21 bits per heavy atom. The smallest absolute Gasteiger partial charge is 0.193 e. The molecule has 4 rings (SSSR count). The Morgan fingerprint density at radius 2 is 2.04 bits per heavy atom. The van der Waals surface area contributed by atoms with Crippen LogP contribution in [0.15, 0.2) is 4.99 Å². The van der Waals surface area contributed by atoms with Crippen molar-refractivity contribution in [2.24, 2.45) is 16.8 Å². The van der Waals surface area contributed by atoms with Gasteiger partial charge in [0.2, 0.25) is 0 Å². The number of aliphatic imine (C=N–C) groups is 1. The molecule has 0 radical (unpaired) electrons. The predicted molar refractivity (Wildman–Crippen MR) is 99.4 cm³/mol. The van der Waals surface area contributed by atoms with Crippen molar-refractivity contribution in [3.8, 4) is 0 Å². The van der Waals surface area contributed by atoms with Crippen LogP contribution in [0.3, 0.4) is 0 Å². The number of hydrogen-bond donors (Lipinski definition) is 1. The van der Waals surface area contributed by atoms with Crippen LogP contribution < -0.4 is 5.32 Å². The lowest BCUT2D eigenvalue weighted by molar-refractivity contribution is 0.163. The lowest BCUT2D eigenvalue weighted by Gasteiger charge is -2.34. The Balaban J connectivity index is 1.30. The average molecular weight is 334 g/mol. The molecule has 5 nitrogen and oxygen atoms in total. The molecule has 0 unspecified atom stereocenters. The van der Waals surface area contributed by atoms with Gasteiger partial charge < -0.3 is 10.2 Å². The van der Waals surface area contributed by atoms with Gasteiger partial charge in [0.05, 0.1) is 0 Å². The van der Waals surface area contributed by atoms with Crippen LogP contribution in [0.1, 0.15) is 39.0 Å². The molecular weight excluding hydrogens is 298 g/mol. The lowest BCUT2D eigenvalue weighted by Crippen LogP contribution is -2.48. The van der Waals surface area contributed by atoms with E-state index in [0.717, 1.165) is 36.4 Å². The van der Waals surface area contributed by atoms with E-state index in [1.807, 2.05) is 7.05 Å². The summed E-state index contributed by atoms with van der Waals surface area (Å²) in [6, 6.07) is 2.25. The molecule has 24 heavy (non-hydrogen) atoms. The van der Waals surface area contributed by atoms with E-state index >= 15 is 0 Å². The van der Waals surface area contributed by atoms with Gasteiger partial charge >= 0.3 is 0 Å². The monoisotopic (exact) mass is 333 g/mol. The summed E-state index contributed by atoms with van der Waals surface area (Å²) < 4.78 is 0. The van der Waals surface area contributed by atoms with E-state index in [9.17, 15) is 0 Å². The maximum atomic E-state index is 4.59. The van der Waals surface area contributed by atoms with Crippen molar-refractivity contribution in [1.29, 1.82) is 0 Å². The van der Waals surface area contributed by atoms with Gasteiger partial charge in [0.15, 0.2) is 5.96 Å². The van der Waals surface area contributed by atoms with Gasteiger partial charge in [-0.15, -0.1) is 0 Å². The summed E-state index contributed by atoms with van der Waals surface area (Å²) in [5.74, 6) is 2.86. The third-order valence-corrected chi connectivity index (χ3v) is 7.00. The maximum Gasteiger partial charge on any atom is 0.193 e. The zero-order valence-corrected chi connectivity index (χ0v) is 15.7. The molecule has 0 aromatic rings. The number of nitrogens with zero attached hydrogens (tertiary/aromatic N) is 4. The first-order valence-corrected chi connectivity index (χ1v) is 10.1. The number of likely N-dealkylation sites (tertiary alicyclic amines) is 1. The van der Waals surface area contributed by atoms with Crippen LogP contribution in [-0.4, -0.2) is 85.6 Å². The topological polar surface area (TPSA) is 34.1 Å². The van der Waals surface area contributed by atoms with Crippen LogP contribution in [0, 0.1) is 11.8 Å². The van der Waals surface area contributed by atoms with Crippen LogP contribution in [0.2, 0.25) is 0 Å². The van der Waals surface area contributed by atoms with Crippen molar-refractivity contribution in [2.45, 2.75) is 57.2 Å². The first-order chi connectivity index (χ1) is 11.7. The number of hydrogen-bond acceptors (Lipinski definition) is 3. The molecule has 1 N–H and O–H groups in total. The van der Waals surface area contributed by atoms with Gasteiger partial charge in [0, 0.05) is 51.4 Å². The van der Waals surface area contributed by atoms with Crippen molar-refractivity contribution in [1.82, 2.24) is 20.0 Å². The third kappa shape index (κ3) is 3.17. The van der Waals surface area contributed by atoms with Gasteiger partial charge in [0.25, 0.3) is 0 Å². The standard InChI is InChI=1S/C19H35N5/c1-14(22(3)16-7-8-16)10-21-19(20-2)24-12-15-11-23-9-5-4-6-18(23)17(15)13-24/h14-18H,4-13H2,1-3H3,(H,20,21)/t14-,15-,17+,18+/m0/s1. The fourth-order valence-electron chi connectivity index (χ4n) is 5.28. The van der Waals surface area contributed by atoms with E-state index in [1.165, 1.54) is 58.3 Å². The number of piperidine rings is 1. The quantitative estimate of drug-likeness (QED) is 0.624. The molecule has 0 spiro atoms. The van der Waals surface area contributed by atoms with Crippen molar-refractivity contribution >= 4 is 5.96 Å². The van der Waals surface area contributed by atoms with Crippen LogP contribution in [0.5, 0.6) is 0 Å². The van der Waals surface area contributed by atoms with Crippen molar-refractivity contribution < 1.29 is 0 Å². The molecule has 4 aliphatic rings. The van der Waals surface area contributed by atoms with Crippen LogP contribution in [0.25, 0.3) is 0 Å². The number of nitrogens with one attached hydrogen (secondary N) is 1. The minimum Gasteiger partial charge on any atom is -0.355 e. The van der Waals surface area contributed by atoms with Gasteiger partial charge in [-0.1, -0.05) is 6.42 Å². The van der Waals surface area contributed by atoms with E-state index in [0.29, 0.717) is 6.04 Å². The normalized spacial score (nSPS) is 35.2. The van der Waals surface area contributed by atoms with Crippen molar-refractivity contribution in [2.75, 3.05) is 46.8 Å². The Labute approximate surface area is 147 Å². The Hall–Kier alpha value is -0.810. The first kappa shape index (κ1) is 16.6. The highest BCUT2D eigenvalue weighted by molar-refractivity contribution is 5.80. The number of guanidine groups is 1. The second kappa shape index (κ2) is 6.83. The third-order valence-electron chi connectivity index (χ3n) is 7.00. The minimum atomic E-state index is 0.574. The highest BCUT2D eigenvalue weighted by Gasteiger charge is 2.47. The van der Waals surface area contributed by atoms with Crippen LogP contribution in [-0.2, 0) is 0 Å². The van der Waals surface area contributed by atoms with Crippen molar-refractivity contribution in [3.05, 3.63) is 0 Å². The molecule has 3 saturated heterocycles. The summed E-state index contributed by atoms with van der Waals surface area (Å²) in [5, 5.41) is 3.66. The minimum absolute atomic E-state index is 0.574. The van der Waals surface area contributed by atoms with Crippen molar-refractivity contribution in [3.63, 3.8) is 0 Å². The molecule has 4 fully saturated rings. The van der Waals surface area contributed by atoms with E-state index in [4.69, 9.17) is 0 Å². The van der Waals surface area contributed by atoms with E-state index in [1.54, 1.807) is 0 Å². The largest absolute Gasteiger partial charge is 0.355 e. The summed E-state index contributed by atoms with van der Waals surface area (Å²) >= 11 is 0.